The summed E-state index contributed by atoms with van der Waals surface area (Å²) in [6.07, 6.45) is 1.11. The molecule has 3 N–H and O–H groups in total. The lowest BCUT2D eigenvalue weighted by atomic mass is 10.0. The molecular formula is C22H25IN4S. The Morgan fingerprint density at radius 1 is 1.07 bits per heavy atom. The number of nitrogens with two attached hydrogens (primary N) is 1. The summed E-state index contributed by atoms with van der Waals surface area (Å²) in [6.45, 7) is 2.66. The van der Waals surface area contributed by atoms with Gasteiger partial charge in [-0.25, -0.2) is 0 Å². The highest BCUT2D eigenvalue weighted by atomic mass is 127. The number of hydrogen-bond donors (Lipinski definition) is 2. The van der Waals surface area contributed by atoms with Crippen molar-refractivity contribution in [1.29, 1.82) is 0 Å². The maximum Gasteiger partial charge on any atom is 0.193 e. The van der Waals surface area contributed by atoms with Crippen molar-refractivity contribution in [2.75, 3.05) is 18.4 Å². The van der Waals surface area contributed by atoms with E-state index in [9.17, 15) is 0 Å². The number of fused-ring (bicyclic) bond motifs is 1. The monoisotopic (exact) mass is 504 g/mol. The van der Waals surface area contributed by atoms with E-state index in [1.54, 1.807) is 0 Å². The minimum atomic E-state index is 0. The van der Waals surface area contributed by atoms with Gasteiger partial charge in [0.1, 0.15) is 0 Å². The number of thiophene rings is 1. The molecule has 6 heteroatoms. The highest BCUT2D eigenvalue weighted by Crippen LogP contribution is 2.30. The van der Waals surface area contributed by atoms with Crippen LogP contribution in [0.15, 0.2) is 77.1 Å². The summed E-state index contributed by atoms with van der Waals surface area (Å²) in [7, 11) is 0. The second kappa shape index (κ2) is 10.0. The molecule has 2 aromatic carbocycles. The van der Waals surface area contributed by atoms with E-state index in [1.807, 2.05) is 41.7 Å². The lowest BCUT2D eigenvalue weighted by Crippen LogP contribution is -2.35. The topological polar surface area (TPSA) is 53.6 Å². The first-order valence-corrected chi connectivity index (χ1v) is 10.1. The number of nitrogens with one attached hydrogen (secondary N) is 1. The van der Waals surface area contributed by atoms with Gasteiger partial charge >= 0.3 is 0 Å². The minimum Gasteiger partial charge on any atom is -0.370 e. The minimum absolute atomic E-state index is 0. The number of rotatable bonds is 5. The van der Waals surface area contributed by atoms with Gasteiger partial charge in [-0.05, 0) is 41.1 Å². The molecule has 4 nitrogen and oxygen atoms in total. The highest BCUT2D eigenvalue weighted by molar-refractivity contribution is 14.0. The van der Waals surface area contributed by atoms with Crippen molar-refractivity contribution in [2.45, 2.75) is 19.0 Å². The Bertz CT molecular complexity index is 895. The Labute approximate surface area is 187 Å². The molecule has 28 heavy (non-hydrogen) atoms. The third kappa shape index (κ3) is 5.12. The molecule has 0 radical (unpaired) electrons. The second-order valence-corrected chi connectivity index (χ2v) is 7.73. The normalized spacial score (nSPS) is 15.4. The van der Waals surface area contributed by atoms with E-state index in [4.69, 9.17) is 5.73 Å². The number of benzene rings is 2. The first kappa shape index (κ1) is 20.8. The molecule has 1 unspecified atom stereocenters. The van der Waals surface area contributed by atoms with Crippen LogP contribution in [0.3, 0.4) is 0 Å². The van der Waals surface area contributed by atoms with E-state index in [1.165, 1.54) is 16.0 Å². The fourth-order valence-electron chi connectivity index (χ4n) is 3.54. The van der Waals surface area contributed by atoms with E-state index in [0.29, 0.717) is 12.5 Å². The summed E-state index contributed by atoms with van der Waals surface area (Å²) in [5.74, 6) is 0.454. The SMILES string of the molecule is I.NC(=NCC(c1ccccc1)N1CCc2sccc2C1)Nc1ccccc1. The van der Waals surface area contributed by atoms with Gasteiger partial charge in [-0.2, -0.15) is 0 Å². The maximum atomic E-state index is 6.14. The van der Waals surface area contributed by atoms with E-state index in [-0.39, 0.29) is 30.0 Å². The fourth-order valence-corrected chi connectivity index (χ4v) is 4.43. The molecule has 2 heterocycles. The summed E-state index contributed by atoms with van der Waals surface area (Å²) >= 11 is 1.87. The molecule has 146 valence electrons. The zero-order valence-corrected chi connectivity index (χ0v) is 18.8. The molecule has 0 bridgehead atoms. The van der Waals surface area contributed by atoms with Crippen molar-refractivity contribution in [3.05, 3.63) is 88.1 Å². The average Bonchev–Trinajstić information content (AvgIpc) is 3.18. The number of nitrogens with zero attached hydrogens (tertiary/aromatic N) is 2. The number of anilines is 1. The Morgan fingerprint density at radius 2 is 1.79 bits per heavy atom. The van der Waals surface area contributed by atoms with E-state index >= 15 is 0 Å². The Balaban J connectivity index is 0.00000225. The number of para-hydroxylation sites is 1. The van der Waals surface area contributed by atoms with Crippen LogP contribution >= 0.6 is 35.3 Å². The van der Waals surface area contributed by atoms with Crippen LogP contribution in [-0.4, -0.2) is 23.9 Å². The Morgan fingerprint density at radius 3 is 2.54 bits per heavy atom. The van der Waals surface area contributed by atoms with Crippen LogP contribution in [0.2, 0.25) is 0 Å². The predicted octanol–water partition coefficient (Wildman–Crippen LogP) is 4.89. The average molecular weight is 504 g/mol. The zero-order valence-electron chi connectivity index (χ0n) is 15.6. The van der Waals surface area contributed by atoms with Crippen LogP contribution in [0, 0.1) is 0 Å². The summed E-state index contributed by atoms with van der Waals surface area (Å²) in [5.41, 5.74) is 9.83. The molecule has 1 aliphatic heterocycles. The Kier molecular flexibility index (Phi) is 7.47. The third-order valence-electron chi connectivity index (χ3n) is 4.94. The molecule has 0 aliphatic carbocycles. The number of aliphatic imine (C=N–C) groups is 1. The van der Waals surface area contributed by atoms with Gasteiger partial charge in [-0.1, -0.05) is 48.5 Å². The van der Waals surface area contributed by atoms with Crippen LogP contribution < -0.4 is 11.1 Å². The van der Waals surface area contributed by atoms with Crippen molar-refractivity contribution in [3.63, 3.8) is 0 Å². The maximum absolute atomic E-state index is 6.14. The van der Waals surface area contributed by atoms with Gasteiger partial charge in [-0.3, -0.25) is 9.89 Å². The van der Waals surface area contributed by atoms with Crippen LogP contribution in [0.5, 0.6) is 0 Å². The lowest BCUT2D eigenvalue weighted by molar-refractivity contribution is 0.185. The van der Waals surface area contributed by atoms with E-state index < -0.39 is 0 Å². The molecule has 1 atom stereocenters. The molecule has 4 rings (SSSR count). The van der Waals surface area contributed by atoms with Crippen molar-refractivity contribution in [3.8, 4) is 0 Å². The number of hydrogen-bond acceptors (Lipinski definition) is 3. The molecule has 0 saturated heterocycles. The van der Waals surface area contributed by atoms with Crippen molar-refractivity contribution < 1.29 is 0 Å². The number of halogens is 1. The van der Waals surface area contributed by atoms with Gasteiger partial charge in [0.25, 0.3) is 0 Å². The summed E-state index contributed by atoms with van der Waals surface area (Å²) < 4.78 is 0. The van der Waals surface area contributed by atoms with Crippen molar-refractivity contribution in [1.82, 2.24) is 4.90 Å². The second-order valence-electron chi connectivity index (χ2n) is 6.73. The largest absolute Gasteiger partial charge is 0.370 e. The van der Waals surface area contributed by atoms with Crippen LogP contribution in [-0.2, 0) is 13.0 Å². The molecule has 3 aromatic rings. The van der Waals surface area contributed by atoms with Crippen LogP contribution in [0.4, 0.5) is 5.69 Å². The van der Waals surface area contributed by atoms with E-state index in [0.717, 1.165) is 25.2 Å². The Hall–Kier alpha value is -1.90. The third-order valence-corrected chi connectivity index (χ3v) is 5.97. The first-order chi connectivity index (χ1) is 13.3. The molecule has 1 aromatic heterocycles. The van der Waals surface area contributed by atoms with Crippen LogP contribution in [0.25, 0.3) is 0 Å². The van der Waals surface area contributed by atoms with Gasteiger partial charge in [0.05, 0.1) is 12.6 Å². The van der Waals surface area contributed by atoms with Crippen molar-refractivity contribution >= 4 is 47.0 Å². The summed E-state index contributed by atoms with van der Waals surface area (Å²) in [4.78, 5) is 8.70. The molecule has 0 fully saturated rings. The highest BCUT2D eigenvalue weighted by Gasteiger charge is 2.25. The standard InChI is InChI=1S/C22H24N4S.HI/c23-22(25-19-9-5-2-6-10-19)24-15-20(17-7-3-1-4-8-17)26-13-11-21-18(16-26)12-14-27-21;/h1-10,12,14,20H,11,13,15-16H2,(H3,23,24,25);1H. The van der Waals surface area contributed by atoms with Gasteiger partial charge in [0.15, 0.2) is 5.96 Å². The molecular weight excluding hydrogens is 479 g/mol. The molecule has 0 spiro atoms. The summed E-state index contributed by atoms with van der Waals surface area (Å²) in [5, 5.41) is 5.37. The van der Waals surface area contributed by atoms with Crippen LogP contribution in [0.1, 0.15) is 22.0 Å². The number of guanidine groups is 1. The fraction of sp³-hybridized carbons (Fsp3) is 0.227. The molecule has 1 aliphatic rings. The van der Waals surface area contributed by atoms with E-state index in [2.05, 4.69) is 57.0 Å². The smallest absolute Gasteiger partial charge is 0.193 e. The van der Waals surface area contributed by atoms with Gasteiger partial charge in [0, 0.05) is 23.7 Å². The first-order valence-electron chi connectivity index (χ1n) is 9.26. The molecule has 0 saturated carbocycles. The lowest BCUT2D eigenvalue weighted by Gasteiger charge is -2.34. The van der Waals surface area contributed by atoms with Crippen molar-refractivity contribution in [2.24, 2.45) is 10.7 Å². The van der Waals surface area contributed by atoms with Gasteiger partial charge < -0.3 is 11.1 Å². The van der Waals surface area contributed by atoms with Gasteiger partial charge in [-0.15, -0.1) is 35.3 Å². The van der Waals surface area contributed by atoms with Gasteiger partial charge in [0.2, 0.25) is 0 Å². The molecule has 0 amide bonds. The predicted molar refractivity (Wildman–Crippen MR) is 130 cm³/mol. The quantitative estimate of drug-likeness (QED) is 0.296. The summed E-state index contributed by atoms with van der Waals surface area (Å²) in [6, 6.07) is 23.0. The zero-order chi connectivity index (χ0) is 18.5.